The first-order chi connectivity index (χ1) is 20.5. The summed E-state index contributed by atoms with van der Waals surface area (Å²) in [7, 11) is 0. The molecule has 5 aromatic rings. The van der Waals surface area contributed by atoms with E-state index in [0.29, 0.717) is 39.5 Å². The normalized spacial score (nSPS) is 11.3. The summed E-state index contributed by atoms with van der Waals surface area (Å²) in [5, 5.41) is 19.5. The average Bonchev–Trinajstić information content (AvgIpc) is 3.68. The molecule has 0 saturated heterocycles. The molecule has 4 aromatic heterocycles. The molecule has 4 heterocycles. The van der Waals surface area contributed by atoms with Gasteiger partial charge in [0.25, 0.3) is 17.5 Å². The topological polar surface area (TPSA) is 183 Å². The number of aromatic nitrogens is 4. The lowest BCUT2D eigenvalue weighted by Gasteiger charge is -2.15. The lowest BCUT2D eigenvalue weighted by Crippen LogP contribution is -2.17. The predicted octanol–water partition coefficient (Wildman–Crippen LogP) is 3.75. The Morgan fingerprint density at radius 2 is 1.26 bits per heavy atom. The third kappa shape index (κ3) is 6.66. The highest BCUT2D eigenvalue weighted by atomic mass is 16.6. The van der Waals surface area contributed by atoms with Crippen LogP contribution in [0, 0.1) is 10.1 Å². The number of carbonyl (C=O) groups excluding carboxylic acids is 2. The van der Waals surface area contributed by atoms with Gasteiger partial charge in [-0.25, -0.2) is 10.9 Å². The number of aromatic amines is 2. The summed E-state index contributed by atoms with van der Waals surface area (Å²) in [6, 6.07) is 19.9. The minimum atomic E-state index is -0.452. The van der Waals surface area contributed by atoms with Gasteiger partial charge < -0.3 is 9.97 Å². The number of H-pyrrole nitrogens is 2. The fourth-order valence-corrected chi connectivity index (χ4v) is 4.15. The molecular weight excluding hydrogens is 538 g/mol. The van der Waals surface area contributed by atoms with Crippen LogP contribution in [0.3, 0.4) is 0 Å². The number of rotatable bonds is 10. The Kier molecular flexibility index (Phi) is 8.29. The van der Waals surface area contributed by atoms with Crippen LogP contribution in [0.5, 0.6) is 0 Å². The molecule has 0 spiro atoms. The van der Waals surface area contributed by atoms with Gasteiger partial charge in [-0.05, 0) is 54.1 Å². The molecule has 5 rings (SSSR count). The Morgan fingerprint density at radius 1 is 0.762 bits per heavy atom. The lowest BCUT2D eigenvalue weighted by molar-refractivity contribution is -0.384. The van der Waals surface area contributed by atoms with Crippen molar-refractivity contribution in [1.29, 1.82) is 0 Å². The molecule has 13 heteroatoms. The van der Waals surface area contributed by atoms with Crippen molar-refractivity contribution in [3.63, 3.8) is 0 Å². The van der Waals surface area contributed by atoms with E-state index in [0.717, 1.165) is 0 Å². The van der Waals surface area contributed by atoms with Crippen LogP contribution in [0.2, 0.25) is 0 Å². The van der Waals surface area contributed by atoms with Gasteiger partial charge in [0.2, 0.25) is 0 Å². The summed E-state index contributed by atoms with van der Waals surface area (Å²) in [6.45, 7) is 0. The van der Waals surface area contributed by atoms with Crippen LogP contribution in [0.25, 0.3) is 0 Å². The van der Waals surface area contributed by atoms with Crippen molar-refractivity contribution in [2.75, 3.05) is 0 Å². The number of benzene rings is 1. The van der Waals surface area contributed by atoms with Crippen LogP contribution >= 0.6 is 0 Å². The van der Waals surface area contributed by atoms with Gasteiger partial charge in [0.15, 0.2) is 0 Å². The second-order valence-electron chi connectivity index (χ2n) is 8.89. The van der Waals surface area contributed by atoms with Gasteiger partial charge in [-0.1, -0.05) is 12.1 Å². The number of non-ortho nitro benzene ring substituents is 1. The Bertz CT molecular complexity index is 1660. The standard InChI is InChI=1S/C29H23N9O4/c39-28(19-8-12-30-13-9-19)36-32-17-22-4-6-25(34-22)27(21-2-1-3-24(16-21)38(41)42)26-7-5-23(35-26)18-33-37-29(40)20-10-14-31-15-11-20/h1-18,27,34-35H,(H,36,39)(H,37,40)/b32-17+,33-18+. The van der Waals surface area contributed by atoms with Crippen LogP contribution in [0.4, 0.5) is 5.69 Å². The van der Waals surface area contributed by atoms with E-state index in [9.17, 15) is 19.7 Å². The molecule has 0 unspecified atom stereocenters. The maximum absolute atomic E-state index is 12.2. The zero-order valence-corrected chi connectivity index (χ0v) is 21.8. The molecule has 0 bridgehead atoms. The first kappa shape index (κ1) is 27.3. The number of nitro benzene ring substituents is 1. The second kappa shape index (κ2) is 12.7. The van der Waals surface area contributed by atoms with Gasteiger partial charge in [-0.3, -0.25) is 29.7 Å². The predicted molar refractivity (Wildman–Crippen MR) is 154 cm³/mol. The monoisotopic (exact) mass is 561 g/mol. The van der Waals surface area contributed by atoms with E-state index in [-0.39, 0.29) is 17.5 Å². The molecule has 0 atom stereocenters. The summed E-state index contributed by atoms with van der Waals surface area (Å²) in [4.78, 5) is 49.8. The number of carbonyl (C=O) groups is 2. The smallest absolute Gasteiger partial charge is 0.271 e. The fraction of sp³-hybridized carbons (Fsp3) is 0.0345. The minimum absolute atomic E-state index is 0.0446. The number of nitro groups is 1. The molecule has 0 aliphatic heterocycles. The number of pyridine rings is 2. The van der Waals surface area contributed by atoms with E-state index in [2.05, 4.69) is 41.0 Å². The molecule has 0 saturated carbocycles. The van der Waals surface area contributed by atoms with E-state index in [1.165, 1.54) is 49.3 Å². The molecule has 4 N–H and O–H groups in total. The van der Waals surface area contributed by atoms with E-state index in [4.69, 9.17) is 0 Å². The lowest BCUT2D eigenvalue weighted by atomic mass is 9.92. The Morgan fingerprint density at radius 3 is 1.74 bits per heavy atom. The summed E-state index contributed by atoms with van der Waals surface area (Å²) in [6.07, 6.45) is 8.98. The van der Waals surface area contributed by atoms with Crippen molar-refractivity contribution in [3.8, 4) is 0 Å². The maximum atomic E-state index is 12.2. The van der Waals surface area contributed by atoms with Gasteiger partial charge in [0.05, 0.1) is 34.7 Å². The van der Waals surface area contributed by atoms with E-state index in [1.807, 2.05) is 12.1 Å². The van der Waals surface area contributed by atoms with Crippen molar-refractivity contribution in [2.45, 2.75) is 5.92 Å². The Balaban J connectivity index is 1.36. The molecule has 0 aliphatic rings. The van der Waals surface area contributed by atoms with E-state index < -0.39 is 10.8 Å². The van der Waals surface area contributed by atoms with Gasteiger partial charge in [-0.2, -0.15) is 10.2 Å². The van der Waals surface area contributed by atoms with Crippen LogP contribution < -0.4 is 10.9 Å². The van der Waals surface area contributed by atoms with Crippen LogP contribution in [0.15, 0.2) is 108 Å². The highest BCUT2D eigenvalue weighted by molar-refractivity contribution is 5.95. The Hall–Kier alpha value is -6.24. The van der Waals surface area contributed by atoms with Gasteiger partial charge in [0.1, 0.15) is 0 Å². The molecule has 0 radical (unpaired) electrons. The van der Waals surface area contributed by atoms with Crippen molar-refractivity contribution >= 4 is 29.9 Å². The number of hydrogen-bond donors (Lipinski definition) is 4. The van der Waals surface area contributed by atoms with E-state index in [1.54, 1.807) is 48.5 Å². The quantitative estimate of drug-likeness (QED) is 0.114. The summed E-state index contributed by atoms with van der Waals surface area (Å²) >= 11 is 0. The van der Waals surface area contributed by atoms with E-state index >= 15 is 0 Å². The van der Waals surface area contributed by atoms with Crippen LogP contribution in [0.1, 0.15) is 55.0 Å². The van der Waals surface area contributed by atoms with Gasteiger partial charge in [-0.15, -0.1) is 0 Å². The Labute approximate surface area is 238 Å². The number of hydrazone groups is 2. The van der Waals surface area contributed by atoms with Crippen molar-refractivity contribution in [2.24, 2.45) is 10.2 Å². The zero-order chi connectivity index (χ0) is 29.3. The molecule has 2 amide bonds. The first-order valence-corrected chi connectivity index (χ1v) is 12.6. The number of nitrogens with one attached hydrogen (secondary N) is 4. The van der Waals surface area contributed by atoms with Crippen molar-refractivity contribution in [1.82, 2.24) is 30.8 Å². The molecule has 0 aliphatic carbocycles. The number of amides is 2. The van der Waals surface area contributed by atoms with Crippen LogP contribution in [-0.2, 0) is 0 Å². The summed E-state index contributed by atoms with van der Waals surface area (Å²) in [5.74, 6) is -1.22. The molecule has 208 valence electrons. The SMILES string of the molecule is O=C(N/N=C/c1ccc(C(c2cccc([N+](=O)[O-])c2)c2ccc(/C=N/NC(=O)c3ccncc3)[nH]2)[nH]1)c1ccncc1. The third-order valence-corrected chi connectivity index (χ3v) is 6.12. The highest BCUT2D eigenvalue weighted by Crippen LogP contribution is 2.32. The third-order valence-electron chi connectivity index (χ3n) is 6.12. The fourth-order valence-electron chi connectivity index (χ4n) is 4.15. The molecule has 42 heavy (non-hydrogen) atoms. The van der Waals surface area contributed by atoms with Gasteiger partial charge in [0, 0.05) is 59.4 Å². The second-order valence-corrected chi connectivity index (χ2v) is 8.89. The highest BCUT2D eigenvalue weighted by Gasteiger charge is 2.22. The minimum Gasteiger partial charge on any atom is -0.357 e. The van der Waals surface area contributed by atoms with Crippen molar-refractivity contribution < 1.29 is 14.5 Å². The summed E-state index contributed by atoms with van der Waals surface area (Å²) < 4.78 is 0. The van der Waals surface area contributed by atoms with Gasteiger partial charge >= 0.3 is 0 Å². The largest absolute Gasteiger partial charge is 0.357 e. The number of nitrogens with zero attached hydrogens (tertiary/aromatic N) is 5. The number of hydrogen-bond acceptors (Lipinski definition) is 8. The average molecular weight is 562 g/mol. The summed E-state index contributed by atoms with van der Waals surface area (Å²) in [5.41, 5.74) is 9.02. The molecule has 1 aromatic carbocycles. The molecule has 13 nitrogen and oxygen atoms in total. The van der Waals surface area contributed by atoms with Crippen LogP contribution in [-0.4, -0.2) is 49.1 Å². The first-order valence-electron chi connectivity index (χ1n) is 12.6. The zero-order valence-electron chi connectivity index (χ0n) is 21.8. The van der Waals surface area contributed by atoms with Crippen molar-refractivity contribution in [3.05, 3.63) is 147 Å². The molecule has 0 fully saturated rings. The molecular formula is C29H23N9O4. The maximum Gasteiger partial charge on any atom is 0.271 e.